The monoisotopic (exact) mass is 250 g/mol. The van der Waals surface area contributed by atoms with Crippen molar-refractivity contribution in [1.29, 1.82) is 0 Å². The van der Waals surface area contributed by atoms with Crippen LogP contribution < -0.4 is 10.2 Å². The van der Waals surface area contributed by atoms with E-state index in [0.29, 0.717) is 18.5 Å². The van der Waals surface area contributed by atoms with Gasteiger partial charge in [0.25, 0.3) is 0 Å². The van der Waals surface area contributed by atoms with Gasteiger partial charge in [-0.15, -0.1) is 0 Å². The lowest BCUT2D eigenvalue weighted by Gasteiger charge is -2.27. The summed E-state index contributed by atoms with van der Waals surface area (Å²) in [4.78, 5) is 24.7. The highest BCUT2D eigenvalue weighted by atomic mass is 32.1. The highest BCUT2D eigenvalue weighted by Crippen LogP contribution is 2.30. The molecule has 1 aliphatic rings. The van der Waals surface area contributed by atoms with Gasteiger partial charge in [-0.25, -0.2) is 4.90 Å². The minimum Gasteiger partial charge on any atom is -0.388 e. The molecule has 4 nitrogen and oxygen atoms in total. The molecule has 5 heteroatoms. The van der Waals surface area contributed by atoms with Crippen molar-refractivity contribution < 1.29 is 9.59 Å². The van der Waals surface area contributed by atoms with Crippen molar-refractivity contribution in [2.24, 2.45) is 0 Å². The first-order chi connectivity index (χ1) is 8.17. The summed E-state index contributed by atoms with van der Waals surface area (Å²) in [5, 5.41) is 3.04. The lowest BCUT2D eigenvalue weighted by molar-refractivity contribution is -0.125. The van der Waals surface area contributed by atoms with Crippen molar-refractivity contribution in [3.8, 4) is 0 Å². The fourth-order valence-electron chi connectivity index (χ4n) is 1.99. The summed E-state index contributed by atoms with van der Waals surface area (Å²) in [6.45, 7) is 0. The van der Waals surface area contributed by atoms with Crippen molar-refractivity contribution in [2.75, 3.05) is 23.0 Å². The Labute approximate surface area is 105 Å². The smallest absolute Gasteiger partial charge is 0.243 e. The van der Waals surface area contributed by atoms with Crippen molar-refractivity contribution in [2.45, 2.75) is 12.8 Å². The average Bonchev–Trinajstić information content (AvgIpc) is 2.37. The van der Waals surface area contributed by atoms with E-state index in [-0.39, 0.29) is 17.6 Å². The summed E-state index contributed by atoms with van der Waals surface area (Å²) >= 11 is 3.94. The number of nitrogens with zero attached hydrogens (tertiary/aromatic N) is 1. The molecule has 0 radical (unpaired) electrons. The number of rotatable bonds is 2. The van der Waals surface area contributed by atoms with Crippen LogP contribution in [0.2, 0.25) is 0 Å². The van der Waals surface area contributed by atoms with E-state index in [1.165, 1.54) is 4.90 Å². The Bertz CT molecular complexity index is 474. The van der Waals surface area contributed by atoms with E-state index < -0.39 is 0 Å². The number of amides is 2. The fourth-order valence-corrected chi connectivity index (χ4v) is 2.13. The number of hydrogen-bond donors (Lipinski definition) is 2. The van der Waals surface area contributed by atoms with Crippen LogP contribution in [-0.2, 0) is 16.0 Å². The molecule has 1 aromatic carbocycles. The van der Waals surface area contributed by atoms with Crippen LogP contribution in [0.15, 0.2) is 18.2 Å². The molecule has 0 aliphatic carbocycles. The van der Waals surface area contributed by atoms with E-state index in [2.05, 4.69) is 17.9 Å². The maximum Gasteiger partial charge on any atom is 0.243 e. The number of thiol groups is 1. The molecule has 0 saturated heterocycles. The zero-order valence-electron chi connectivity index (χ0n) is 9.56. The highest BCUT2D eigenvalue weighted by Gasteiger charge is 2.28. The first-order valence-corrected chi connectivity index (χ1v) is 6.08. The molecule has 0 aromatic heterocycles. The number of nitrogens with one attached hydrogen (secondary N) is 1. The number of benzene rings is 1. The summed E-state index contributed by atoms with van der Waals surface area (Å²) in [6.07, 6.45) is 1.06. The van der Waals surface area contributed by atoms with E-state index in [4.69, 9.17) is 0 Å². The minimum absolute atomic E-state index is 0.0406. The zero-order chi connectivity index (χ0) is 12.4. The van der Waals surface area contributed by atoms with Crippen molar-refractivity contribution in [3.63, 3.8) is 0 Å². The van der Waals surface area contributed by atoms with E-state index in [1.54, 1.807) is 6.07 Å². The number of carbonyl (C=O) groups is 2. The van der Waals surface area contributed by atoms with Gasteiger partial charge in [0.2, 0.25) is 11.8 Å². The Morgan fingerprint density at radius 3 is 2.88 bits per heavy atom. The molecule has 2 rings (SSSR count). The van der Waals surface area contributed by atoms with Crippen molar-refractivity contribution in [3.05, 3.63) is 23.8 Å². The zero-order valence-corrected chi connectivity index (χ0v) is 10.5. The van der Waals surface area contributed by atoms with Crippen LogP contribution >= 0.6 is 12.6 Å². The van der Waals surface area contributed by atoms with Gasteiger partial charge in [0.05, 0.1) is 11.4 Å². The van der Waals surface area contributed by atoms with Crippen LogP contribution in [0.4, 0.5) is 11.4 Å². The Kier molecular flexibility index (Phi) is 3.38. The van der Waals surface area contributed by atoms with E-state index in [1.807, 2.05) is 19.2 Å². The average molecular weight is 250 g/mol. The standard InChI is InChI=1S/C12H14N2O2S/c1-13-9-3-4-10-8(6-9)2-5-11(15)14(10)12(16)7-17/h3-4,6,13,17H,2,5,7H2,1H3. The fraction of sp³-hybridized carbons (Fsp3) is 0.333. The molecule has 2 amide bonds. The molecular formula is C12H14N2O2S. The SMILES string of the molecule is CNc1ccc2c(c1)CCC(=O)N2C(=O)CS. The lowest BCUT2D eigenvalue weighted by atomic mass is 10.0. The molecule has 0 spiro atoms. The number of anilines is 2. The normalized spacial score (nSPS) is 14.5. The van der Waals surface area contributed by atoms with Gasteiger partial charge in [0, 0.05) is 19.2 Å². The molecule has 1 N–H and O–H groups in total. The van der Waals surface area contributed by atoms with Gasteiger partial charge in [0.15, 0.2) is 0 Å². The van der Waals surface area contributed by atoms with Gasteiger partial charge in [-0.05, 0) is 30.2 Å². The summed E-state index contributed by atoms with van der Waals surface area (Å²) < 4.78 is 0. The molecule has 17 heavy (non-hydrogen) atoms. The van der Waals surface area contributed by atoms with Crippen molar-refractivity contribution in [1.82, 2.24) is 0 Å². The molecule has 0 bridgehead atoms. The van der Waals surface area contributed by atoms with E-state index in [0.717, 1.165) is 11.3 Å². The first-order valence-electron chi connectivity index (χ1n) is 5.44. The predicted molar refractivity (Wildman–Crippen MR) is 70.7 cm³/mol. The van der Waals surface area contributed by atoms with Crippen LogP contribution in [0, 0.1) is 0 Å². The number of fused-ring (bicyclic) bond motifs is 1. The molecule has 1 aliphatic heterocycles. The lowest BCUT2D eigenvalue weighted by Crippen LogP contribution is -2.41. The van der Waals surface area contributed by atoms with Gasteiger partial charge in [0.1, 0.15) is 0 Å². The summed E-state index contributed by atoms with van der Waals surface area (Å²) in [7, 11) is 1.84. The third-order valence-corrected chi connectivity index (χ3v) is 3.12. The third-order valence-electron chi connectivity index (χ3n) is 2.85. The molecular weight excluding hydrogens is 236 g/mol. The van der Waals surface area contributed by atoms with Gasteiger partial charge in [-0.2, -0.15) is 12.6 Å². The second-order valence-corrected chi connectivity index (χ2v) is 4.19. The summed E-state index contributed by atoms with van der Waals surface area (Å²) in [5.41, 5.74) is 2.70. The number of imide groups is 1. The van der Waals surface area contributed by atoms with Crippen LogP contribution in [0.3, 0.4) is 0 Å². The minimum atomic E-state index is -0.267. The Hall–Kier alpha value is -1.49. The van der Waals surface area contributed by atoms with Gasteiger partial charge in [-0.1, -0.05) is 0 Å². The van der Waals surface area contributed by atoms with Gasteiger partial charge < -0.3 is 5.32 Å². The summed E-state index contributed by atoms with van der Waals surface area (Å²) in [5.74, 6) is -0.371. The molecule has 0 unspecified atom stereocenters. The van der Waals surface area contributed by atoms with Crippen LogP contribution in [0.5, 0.6) is 0 Å². The number of aryl methyl sites for hydroxylation is 1. The van der Waals surface area contributed by atoms with Gasteiger partial charge in [-0.3, -0.25) is 9.59 Å². The molecule has 0 saturated carbocycles. The van der Waals surface area contributed by atoms with Crippen molar-refractivity contribution >= 4 is 35.8 Å². The maximum absolute atomic E-state index is 11.8. The summed E-state index contributed by atoms with van der Waals surface area (Å²) in [6, 6.07) is 5.64. The Morgan fingerprint density at radius 1 is 1.47 bits per heavy atom. The third kappa shape index (κ3) is 2.15. The molecule has 1 aromatic rings. The van der Waals surface area contributed by atoms with Gasteiger partial charge >= 0.3 is 0 Å². The predicted octanol–water partition coefficient (Wildman–Crippen LogP) is 1.46. The molecule has 90 valence electrons. The van der Waals surface area contributed by atoms with Crippen LogP contribution in [-0.4, -0.2) is 24.6 Å². The Morgan fingerprint density at radius 2 is 2.24 bits per heavy atom. The maximum atomic E-state index is 11.8. The molecule has 1 heterocycles. The highest BCUT2D eigenvalue weighted by molar-refractivity contribution is 7.81. The van der Waals surface area contributed by atoms with Crippen LogP contribution in [0.1, 0.15) is 12.0 Å². The second-order valence-electron chi connectivity index (χ2n) is 3.87. The quantitative estimate of drug-likeness (QED) is 0.781. The molecule has 0 atom stereocenters. The first kappa shape index (κ1) is 12.0. The largest absolute Gasteiger partial charge is 0.388 e. The Balaban J connectivity index is 2.45. The number of carbonyl (C=O) groups excluding carboxylic acids is 2. The van der Waals surface area contributed by atoms with E-state index >= 15 is 0 Å². The molecule has 0 fully saturated rings. The van der Waals surface area contributed by atoms with Crippen LogP contribution in [0.25, 0.3) is 0 Å². The number of hydrogen-bond acceptors (Lipinski definition) is 4. The second kappa shape index (κ2) is 4.79. The topological polar surface area (TPSA) is 49.4 Å². The van der Waals surface area contributed by atoms with E-state index in [9.17, 15) is 9.59 Å².